The highest BCUT2D eigenvalue weighted by molar-refractivity contribution is 4.74. The van der Waals surface area contributed by atoms with Crippen LogP contribution in [-0.4, -0.2) is 30.7 Å². The fourth-order valence-electron chi connectivity index (χ4n) is 4.21. The predicted octanol–water partition coefficient (Wildman–Crippen LogP) is 6.89. The highest BCUT2D eigenvalue weighted by atomic mass is 15.3. The van der Waals surface area contributed by atoms with E-state index in [9.17, 15) is 0 Å². The van der Waals surface area contributed by atoms with Crippen LogP contribution in [0.5, 0.6) is 0 Å². The van der Waals surface area contributed by atoms with Crippen LogP contribution in [0.3, 0.4) is 0 Å². The van der Waals surface area contributed by atoms with E-state index in [2.05, 4.69) is 24.1 Å². The fraction of sp³-hybridized carbons (Fsp3) is 1.00. The number of hydrogen-bond donors (Lipinski definition) is 1. The van der Waals surface area contributed by atoms with Crippen molar-refractivity contribution in [1.29, 1.82) is 0 Å². The molecule has 1 saturated heterocycles. The number of hydrogen-bond acceptors (Lipinski definition) is 2. The van der Waals surface area contributed by atoms with E-state index in [0.717, 1.165) is 0 Å². The van der Waals surface area contributed by atoms with Crippen LogP contribution in [0.2, 0.25) is 0 Å². The highest BCUT2D eigenvalue weighted by Gasteiger charge is 2.19. The van der Waals surface area contributed by atoms with Crippen molar-refractivity contribution < 1.29 is 0 Å². The summed E-state index contributed by atoms with van der Waals surface area (Å²) >= 11 is 0. The minimum Gasteiger partial charge on any atom is -0.302 e. The monoisotopic (exact) mass is 352 g/mol. The zero-order valence-electron chi connectivity index (χ0n) is 17.7. The van der Waals surface area contributed by atoms with Crippen molar-refractivity contribution in [2.75, 3.05) is 19.6 Å². The Kier molecular flexibility index (Phi) is 15.9. The number of rotatable bonds is 17. The summed E-state index contributed by atoms with van der Waals surface area (Å²) in [6, 6.07) is 0. The van der Waals surface area contributed by atoms with E-state index in [1.807, 2.05) is 0 Å². The molecular formula is C23H48N2. The predicted molar refractivity (Wildman–Crippen MR) is 113 cm³/mol. The van der Waals surface area contributed by atoms with Crippen LogP contribution < -0.4 is 5.32 Å². The topological polar surface area (TPSA) is 15.3 Å². The number of nitrogens with one attached hydrogen (secondary N) is 1. The van der Waals surface area contributed by atoms with Crippen LogP contribution >= 0.6 is 0 Å². The Labute approximate surface area is 159 Å². The maximum atomic E-state index is 3.70. The molecule has 1 rings (SSSR count). The van der Waals surface area contributed by atoms with Crippen molar-refractivity contribution in [3.63, 3.8) is 0 Å². The second-order valence-electron chi connectivity index (χ2n) is 8.19. The van der Waals surface area contributed by atoms with Crippen LogP contribution in [-0.2, 0) is 0 Å². The van der Waals surface area contributed by atoms with E-state index in [1.54, 1.807) is 0 Å². The molecule has 1 aliphatic rings. The minimum absolute atomic E-state index is 0.667. The van der Waals surface area contributed by atoms with Crippen LogP contribution in [0.25, 0.3) is 0 Å². The first-order chi connectivity index (χ1) is 12.4. The Morgan fingerprint density at radius 1 is 0.680 bits per heavy atom. The quantitative estimate of drug-likeness (QED) is 0.287. The van der Waals surface area contributed by atoms with Crippen molar-refractivity contribution in [1.82, 2.24) is 10.2 Å². The van der Waals surface area contributed by atoms with Gasteiger partial charge >= 0.3 is 0 Å². The Morgan fingerprint density at radius 3 is 1.64 bits per heavy atom. The lowest BCUT2D eigenvalue weighted by Gasteiger charge is -2.35. The minimum atomic E-state index is 0.667. The van der Waals surface area contributed by atoms with E-state index >= 15 is 0 Å². The lowest BCUT2D eigenvalue weighted by Crippen LogP contribution is -2.51. The van der Waals surface area contributed by atoms with Gasteiger partial charge in [-0.1, -0.05) is 110 Å². The second-order valence-corrected chi connectivity index (χ2v) is 8.19. The molecule has 0 aliphatic carbocycles. The number of unbranched alkanes of at least 4 members (excludes halogenated alkanes) is 14. The van der Waals surface area contributed by atoms with Gasteiger partial charge in [0.05, 0.1) is 6.17 Å². The Balaban J connectivity index is 1.76. The van der Waals surface area contributed by atoms with Gasteiger partial charge < -0.3 is 5.32 Å². The third-order valence-corrected chi connectivity index (χ3v) is 5.93. The zero-order valence-corrected chi connectivity index (χ0v) is 17.7. The third kappa shape index (κ3) is 12.8. The lowest BCUT2D eigenvalue weighted by molar-refractivity contribution is 0.127. The van der Waals surface area contributed by atoms with Gasteiger partial charge in [-0.15, -0.1) is 0 Å². The maximum Gasteiger partial charge on any atom is 0.0596 e. The molecule has 25 heavy (non-hydrogen) atoms. The molecule has 150 valence electrons. The smallest absolute Gasteiger partial charge is 0.0596 e. The van der Waals surface area contributed by atoms with Crippen molar-refractivity contribution >= 4 is 0 Å². The zero-order chi connectivity index (χ0) is 18.0. The van der Waals surface area contributed by atoms with Gasteiger partial charge in [0.15, 0.2) is 0 Å². The molecular weight excluding hydrogens is 304 g/mol. The third-order valence-electron chi connectivity index (χ3n) is 5.93. The van der Waals surface area contributed by atoms with Crippen molar-refractivity contribution in [3.8, 4) is 0 Å². The summed E-state index contributed by atoms with van der Waals surface area (Å²) in [4.78, 5) is 2.62. The Morgan fingerprint density at radius 2 is 1.16 bits per heavy atom. The maximum absolute atomic E-state index is 3.70. The van der Waals surface area contributed by atoms with Gasteiger partial charge in [-0.05, 0) is 25.9 Å². The molecule has 0 radical (unpaired) electrons. The van der Waals surface area contributed by atoms with Crippen LogP contribution in [0, 0.1) is 0 Å². The molecule has 0 aromatic carbocycles. The summed E-state index contributed by atoms with van der Waals surface area (Å²) in [5.41, 5.74) is 0. The molecule has 0 spiro atoms. The molecule has 1 aliphatic heterocycles. The summed E-state index contributed by atoms with van der Waals surface area (Å²) in [5.74, 6) is 0. The SMILES string of the molecule is CCCCCCCCCCCCCCCCCC1NCCCN1CC. The first-order valence-electron chi connectivity index (χ1n) is 11.9. The first kappa shape index (κ1) is 23.0. The van der Waals surface area contributed by atoms with E-state index in [4.69, 9.17) is 0 Å². The number of nitrogens with zero attached hydrogens (tertiary/aromatic N) is 1. The summed E-state index contributed by atoms with van der Waals surface area (Å²) < 4.78 is 0. The molecule has 1 unspecified atom stereocenters. The van der Waals surface area contributed by atoms with Gasteiger partial charge in [0, 0.05) is 6.54 Å². The van der Waals surface area contributed by atoms with Gasteiger partial charge in [0.25, 0.3) is 0 Å². The van der Waals surface area contributed by atoms with E-state index in [-0.39, 0.29) is 0 Å². The van der Waals surface area contributed by atoms with E-state index < -0.39 is 0 Å². The summed E-state index contributed by atoms with van der Waals surface area (Å²) in [7, 11) is 0. The lowest BCUT2D eigenvalue weighted by atomic mass is 10.0. The van der Waals surface area contributed by atoms with Crippen molar-refractivity contribution in [3.05, 3.63) is 0 Å². The standard InChI is InChI=1S/C23H48N2/c1-3-5-6-7-8-9-10-11-12-13-14-15-16-17-18-20-23-24-21-19-22-25(23)4-2/h23-24H,3-22H2,1-2H3. The first-order valence-corrected chi connectivity index (χ1v) is 11.9. The molecule has 2 nitrogen and oxygen atoms in total. The molecule has 1 atom stereocenters. The molecule has 1 heterocycles. The molecule has 0 amide bonds. The summed E-state index contributed by atoms with van der Waals surface area (Å²) in [6.45, 7) is 8.32. The van der Waals surface area contributed by atoms with Gasteiger partial charge in [0.1, 0.15) is 0 Å². The molecule has 0 aromatic heterocycles. The van der Waals surface area contributed by atoms with Gasteiger partial charge in [-0.2, -0.15) is 0 Å². The van der Waals surface area contributed by atoms with E-state index in [1.165, 1.54) is 129 Å². The van der Waals surface area contributed by atoms with E-state index in [0.29, 0.717) is 6.17 Å². The molecule has 1 fully saturated rings. The molecule has 0 saturated carbocycles. The van der Waals surface area contributed by atoms with Gasteiger partial charge in [-0.25, -0.2) is 0 Å². The largest absolute Gasteiger partial charge is 0.302 e. The average molecular weight is 353 g/mol. The Bertz CT molecular complexity index is 267. The average Bonchev–Trinajstić information content (AvgIpc) is 2.65. The molecule has 2 heteroatoms. The van der Waals surface area contributed by atoms with Crippen LogP contribution in [0.15, 0.2) is 0 Å². The van der Waals surface area contributed by atoms with Crippen LogP contribution in [0.4, 0.5) is 0 Å². The summed E-state index contributed by atoms with van der Waals surface area (Å²) in [6.07, 6.45) is 25.2. The highest BCUT2D eigenvalue weighted by Crippen LogP contribution is 2.15. The molecule has 0 bridgehead atoms. The molecule has 1 N–H and O–H groups in total. The molecule has 0 aromatic rings. The Hall–Kier alpha value is -0.0800. The van der Waals surface area contributed by atoms with Gasteiger partial charge in [-0.3, -0.25) is 4.90 Å². The van der Waals surface area contributed by atoms with Crippen molar-refractivity contribution in [2.24, 2.45) is 0 Å². The van der Waals surface area contributed by atoms with Crippen LogP contribution in [0.1, 0.15) is 123 Å². The summed E-state index contributed by atoms with van der Waals surface area (Å²) in [5, 5.41) is 3.70. The van der Waals surface area contributed by atoms with Crippen molar-refractivity contribution in [2.45, 2.75) is 129 Å². The van der Waals surface area contributed by atoms with Gasteiger partial charge in [0.2, 0.25) is 0 Å². The second kappa shape index (κ2) is 17.3. The normalized spacial score (nSPS) is 18.7. The fourth-order valence-corrected chi connectivity index (χ4v) is 4.21.